The van der Waals surface area contributed by atoms with E-state index in [9.17, 15) is 0 Å². The first-order valence-corrected chi connectivity index (χ1v) is 3.65. The Labute approximate surface area is 61.7 Å². The van der Waals surface area contributed by atoms with Gasteiger partial charge in [-0.3, -0.25) is 5.32 Å². The van der Waals surface area contributed by atoms with Gasteiger partial charge in [-0.2, -0.15) is 0 Å². The van der Waals surface area contributed by atoms with E-state index in [1.165, 1.54) is 0 Å². The minimum atomic E-state index is -0.113. The van der Waals surface area contributed by atoms with Crippen molar-refractivity contribution < 1.29 is 9.47 Å². The Morgan fingerprint density at radius 2 is 2.00 bits per heavy atom. The number of hydrogen-bond donors (Lipinski definition) is 1. The summed E-state index contributed by atoms with van der Waals surface area (Å²) < 4.78 is 10.5. The molecule has 0 amide bonds. The lowest BCUT2D eigenvalue weighted by Gasteiger charge is -2.35. The standard InChI is InChI=1S/C7H15NO2/c1-8-7(9-2)3-5-10-6-4-7/h8H,3-6H2,1-2H3. The maximum Gasteiger partial charge on any atom is 0.123 e. The van der Waals surface area contributed by atoms with Crippen molar-refractivity contribution >= 4 is 0 Å². The molecule has 0 aromatic carbocycles. The van der Waals surface area contributed by atoms with Crippen molar-refractivity contribution in [2.45, 2.75) is 18.6 Å². The van der Waals surface area contributed by atoms with Crippen LogP contribution in [0.15, 0.2) is 0 Å². The van der Waals surface area contributed by atoms with Crippen LogP contribution in [0.1, 0.15) is 12.8 Å². The van der Waals surface area contributed by atoms with E-state index in [2.05, 4.69) is 5.32 Å². The van der Waals surface area contributed by atoms with Gasteiger partial charge in [-0.15, -0.1) is 0 Å². The van der Waals surface area contributed by atoms with Gasteiger partial charge in [0.05, 0.1) is 13.2 Å². The van der Waals surface area contributed by atoms with Gasteiger partial charge >= 0.3 is 0 Å². The Balaban J connectivity index is 2.44. The van der Waals surface area contributed by atoms with Gasteiger partial charge in [-0.25, -0.2) is 0 Å². The summed E-state index contributed by atoms with van der Waals surface area (Å²) in [5, 5.41) is 3.16. The molecule has 0 atom stereocenters. The van der Waals surface area contributed by atoms with Gasteiger partial charge in [0.1, 0.15) is 5.72 Å². The first-order valence-electron chi connectivity index (χ1n) is 3.65. The molecule has 10 heavy (non-hydrogen) atoms. The van der Waals surface area contributed by atoms with Crippen molar-refractivity contribution in [1.82, 2.24) is 5.32 Å². The maximum absolute atomic E-state index is 5.34. The molecule has 0 bridgehead atoms. The van der Waals surface area contributed by atoms with Crippen LogP contribution in [0.25, 0.3) is 0 Å². The van der Waals surface area contributed by atoms with Crippen molar-refractivity contribution in [3.8, 4) is 0 Å². The van der Waals surface area contributed by atoms with Gasteiger partial charge in [0.15, 0.2) is 0 Å². The Hall–Kier alpha value is -0.120. The summed E-state index contributed by atoms with van der Waals surface area (Å²) in [7, 11) is 3.66. The van der Waals surface area contributed by atoms with Crippen molar-refractivity contribution in [3.05, 3.63) is 0 Å². The van der Waals surface area contributed by atoms with Crippen LogP contribution in [0.5, 0.6) is 0 Å². The van der Waals surface area contributed by atoms with Crippen molar-refractivity contribution in [2.75, 3.05) is 27.4 Å². The highest BCUT2D eigenvalue weighted by Crippen LogP contribution is 2.19. The fourth-order valence-corrected chi connectivity index (χ4v) is 1.26. The highest BCUT2D eigenvalue weighted by Gasteiger charge is 2.29. The van der Waals surface area contributed by atoms with E-state index in [1.807, 2.05) is 7.05 Å². The largest absolute Gasteiger partial charge is 0.381 e. The van der Waals surface area contributed by atoms with Gasteiger partial charge < -0.3 is 9.47 Å². The Bertz CT molecular complexity index is 93.8. The van der Waals surface area contributed by atoms with E-state index in [4.69, 9.17) is 9.47 Å². The fourth-order valence-electron chi connectivity index (χ4n) is 1.26. The van der Waals surface area contributed by atoms with Gasteiger partial charge in [0.2, 0.25) is 0 Å². The molecule has 60 valence electrons. The number of methoxy groups -OCH3 is 1. The first kappa shape index (κ1) is 7.98. The van der Waals surface area contributed by atoms with Gasteiger partial charge in [0.25, 0.3) is 0 Å². The van der Waals surface area contributed by atoms with Gasteiger partial charge in [-0.05, 0) is 7.05 Å². The molecule has 0 aliphatic carbocycles. The highest BCUT2D eigenvalue weighted by molar-refractivity contribution is 4.78. The zero-order valence-electron chi connectivity index (χ0n) is 6.64. The zero-order valence-corrected chi connectivity index (χ0v) is 6.64. The zero-order chi connectivity index (χ0) is 7.45. The van der Waals surface area contributed by atoms with Crippen LogP contribution in [0.3, 0.4) is 0 Å². The third-order valence-electron chi connectivity index (χ3n) is 2.15. The monoisotopic (exact) mass is 145 g/mol. The van der Waals surface area contributed by atoms with E-state index < -0.39 is 0 Å². The second-order valence-electron chi connectivity index (χ2n) is 2.56. The predicted molar refractivity (Wildman–Crippen MR) is 38.9 cm³/mol. The van der Waals surface area contributed by atoms with Gasteiger partial charge in [-0.1, -0.05) is 0 Å². The molecular weight excluding hydrogens is 130 g/mol. The topological polar surface area (TPSA) is 30.5 Å². The molecule has 1 saturated heterocycles. The normalized spacial score (nSPS) is 24.6. The lowest BCUT2D eigenvalue weighted by Crippen LogP contribution is -2.49. The molecule has 1 N–H and O–H groups in total. The summed E-state index contributed by atoms with van der Waals surface area (Å²) in [6.07, 6.45) is 1.89. The summed E-state index contributed by atoms with van der Waals surface area (Å²) >= 11 is 0. The molecule has 0 radical (unpaired) electrons. The summed E-state index contributed by atoms with van der Waals surface area (Å²) in [5.74, 6) is 0. The number of hydrogen-bond acceptors (Lipinski definition) is 3. The van der Waals surface area contributed by atoms with Crippen molar-refractivity contribution in [1.29, 1.82) is 0 Å². The molecule has 0 aromatic rings. The maximum atomic E-state index is 5.34. The lowest BCUT2D eigenvalue weighted by atomic mass is 10.1. The SMILES string of the molecule is CNC1(OC)CCOCC1. The van der Waals surface area contributed by atoms with Crippen molar-refractivity contribution in [3.63, 3.8) is 0 Å². The van der Waals surface area contributed by atoms with Crippen LogP contribution in [0.2, 0.25) is 0 Å². The molecule has 1 heterocycles. The van der Waals surface area contributed by atoms with Crippen molar-refractivity contribution in [2.24, 2.45) is 0 Å². The minimum absolute atomic E-state index is 0.113. The molecule has 1 aliphatic rings. The fraction of sp³-hybridized carbons (Fsp3) is 1.00. The number of nitrogens with one attached hydrogen (secondary N) is 1. The quantitative estimate of drug-likeness (QED) is 0.569. The number of ether oxygens (including phenoxy) is 2. The average Bonchev–Trinajstić information content (AvgIpc) is 2.06. The van der Waals surface area contributed by atoms with E-state index in [0.29, 0.717) is 0 Å². The summed E-state index contributed by atoms with van der Waals surface area (Å²) in [6, 6.07) is 0. The number of rotatable bonds is 2. The second-order valence-corrected chi connectivity index (χ2v) is 2.56. The van der Waals surface area contributed by atoms with Crippen LogP contribution < -0.4 is 5.32 Å². The molecule has 1 aliphatic heterocycles. The average molecular weight is 145 g/mol. The van der Waals surface area contributed by atoms with Crippen LogP contribution in [0.4, 0.5) is 0 Å². The first-order chi connectivity index (χ1) is 4.83. The second kappa shape index (κ2) is 3.32. The Morgan fingerprint density at radius 3 is 2.30 bits per heavy atom. The molecule has 0 spiro atoms. The van der Waals surface area contributed by atoms with Crippen LogP contribution in [-0.2, 0) is 9.47 Å². The Kier molecular flexibility index (Phi) is 2.65. The van der Waals surface area contributed by atoms with E-state index in [0.717, 1.165) is 26.1 Å². The third-order valence-corrected chi connectivity index (χ3v) is 2.15. The molecule has 0 unspecified atom stereocenters. The smallest absolute Gasteiger partial charge is 0.123 e. The Morgan fingerprint density at radius 1 is 1.40 bits per heavy atom. The molecule has 3 heteroatoms. The van der Waals surface area contributed by atoms with E-state index in [-0.39, 0.29) is 5.72 Å². The summed E-state index contributed by atoms with van der Waals surface area (Å²) in [4.78, 5) is 0. The third kappa shape index (κ3) is 1.48. The predicted octanol–water partition coefficient (Wildman–Crippen LogP) is 0.359. The molecular formula is C7H15NO2. The van der Waals surface area contributed by atoms with E-state index >= 15 is 0 Å². The summed E-state index contributed by atoms with van der Waals surface area (Å²) in [6.45, 7) is 1.60. The minimum Gasteiger partial charge on any atom is -0.381 e. The molecule has 1 rings (SSSR count). The summed E-state index contributed by atoms with van der Waals surface area (Å²) in [5.41, 5.74) is -0.113. The molecule has 3 nitrogen and oxygen atoms in total. The highest BCUT2D eigenvalue weighted by atomic mass is 16.5. The lowest BCUT2D eigenvalue weighted by molar-refractivity contribution is -0.106. The van der Waals surface area contributed by atoms with Crippen LogP contribution in [-0.4, -0.2) is 33.1 Å². The van der Waals surface area contributed by atoms with Crippen LogP contribution in [0, 0.1) is 0 Å². The molecule has 1 fully saturated rings. The molecule has 0 aromatic heterocycles. The van der Waals surface area contributed by atoms with Gasteiger partial charge in [0, 0.05) is 20.0 Å². The molecule has 0 saturated carbocycles. The van der Waals surface area contributed by atoms with E-state index in [1.54, 1.807) is 7.11 Å². The van der Waals surface area contributed by atoms with Crippen LogP contribution >= 0.6 is 0 Å².